The van der Waals surface area contributed by atoms with Gasteiger partial charge in [-0.05, 0) is 25.1 Å². The molecule has 23 heavy (non-hydrogen) atoms. The monoisotopic (exact) mass is 344 g/mol. The number of hydrogen-bond donors (Lipinski definition) is 1. The van der Waals surface area contributed by atoms with Crippen molar-refractivity contribution in [1.29, 1.82) is 0 Å². The SMILES string of the molecule is Cc1cc(C(F)F)nn1CC(=O)Nc1ccc(Cl)cc1[N+](=O)[O-]. The van der Waals surface area contributed by atoms with Gasteiger partial charge >= 0.3 is 0 Å². The summed E-state index contributed by atoms with van der Waals surface area (Å²) in [5.74, 6) is -0.637. The quantitative estimate of drug-likeness (QED) is 0.665. The molecule has 122 valence electrons. The van der Waals surface area contributed by atoms with Crippen molar-refractivity contribution < 1.29 is 18.5 Å². The van der Waals surface area contributed by atoms with Crippen LogP contribution in [0.25, 0.3) is 0 Å². The van der Waals surface area contributed by atoms with Crippen LogP contribution in [0, 0.1) is 17.0 Å². The Bertz CT molecular complexity index is 764. The zero-order valence-corrected chi connectivity index (χ0v) is 12.6. The van der Waals surface area contributed by atoms with Gasteiger partial charge in [0, 0.05) is 16.8 Å². The maximum absolute atomic E-state index is 12.6. The number of carbonyl (C=O) groups excluding carboxylic acids is 1. The molecule has 0 unspecified atom stereocenters. The maximum atomic E-state index is 12.6. The molecule has 1 N–H and O–H groups in total. The van der Waals surface area contributed by atoms with Crippen LogP contribution in [0.1, 0.15) is 17.8 Å². The fourth-order valence-corrected chi connectivity index (χ4v) is 2.06. The zero-order valence-electron chi connectivity index (χ0n) is 11.8. The molecule has 0 bridgehead atoms. The van der Waals surface area contributed by atoms with E-state index in [1.165, 1.54) is 25.1 Å². The fraction of sp³-hybridized carbons (Fsp3) is 0.231. The molecular weight excluding hydrogens is 334 g/mol. The summed E-state index contributed by atoms with van der Waals surface area (Å²) in [6, 6.07) is 4.95. The number of nitrogens with one attached hydrogen (secondary N) is 1. The van der Waals surface area contributed by atoms with Crippen LogP contribution in [0.15, 0.2) is 24.3 Å². The molecule has 0 radical (unpaired) electrons. The summed E-state index contributed by atoms with van der Waals surface area (Å²) in [7, 11) is 0. The van der Waals surface area contributed by atoms with Gasteiger partial charge in [0.2, 0.25) is 5.91 Å². The first-order chi connectivity index (χ1) is 10.8. The summed E-state index contributed by atoms with van der Waals surface area (Å²) in [4.78, 5) is 22.2. The second kappa shape index (κ2) is 6.69. The Morgan fingerprint density at radius 3 is 2.74 bits per heavy atom. The van der Waals surface area contributed by atoms with Crippen LogP contribution in [0.3, 0.4) is 0 Å². The molecule has 0 fully saturated rings. The Labute approximate surface area is 134 Å². The molecule has 10 heteroatoms. The molecule has 0 saturated heterocycles. The van der Waals surface area contributed by atoms with Gasteiger partial charge in [-0.15, -0.1) is 0 Å². The molecule has 7 nitrogen and oxygen atoms in total. The van der Waals surface area contributed by atoms with Crippen LogP contribution in [-0.2, 0) is 11.3 Å². The van der Waals surface area contributed by atoms with Gasteiger partial charge in [-0.25, -0.2) is 8.78 Å². The number of nitrogens with zero attached hydrogens (tertiary/aromatic N) is 3. The van der Waals surface area contributed by atoms with Crippen molar-refractivity contribution in [3.63, 3.8) is 0 Å². The number of anilines is 1. The van der Waals surface area contributed by atoms with E-state index in [9.17, 15) is 23.7 Å². The second-order valence-corrected chi connectivity index (χ2v) is 5.07. The first kappa shape index (κ1) is 16.8. The number of amides is 1. The third-order valence-corrected chi connectivity index (χ3v) is 3.18. The lowest BCUT2D eigenvalue weighted by atomic mass is 10.2. The summed E-state index contributed by atoms with van der Waals surface area (Å²) in [6.07, 6.45) is -2.74. The molecule has 0 spiro atoms. The summed E-state index contributed by atoms with van der Waals surface area (Å²) in [5.41, 5.74) is -0.464. The Kier molecular flexibility index (Phi) is 4.89. The zero-order chi connectivity index (χ0) is 17.1. The smallest absolute Gasteiger partial charge is 0.294 e. The van der Waals surface area contributed by atoms with Crippen LogP contribution in [0.2, 0.25) is 5.02 Å². The van der Waals surface area contributed by atoms with Gasteiger partial charge in [0.1, 0.15) is 17.9 Å². The highest BCUT2D eigenvalue weighted by Gasteiger charge is 2.18. The lowest BCUT2D eigenvalue weighted by molar-refractivity contribution is -0.383. The number of nitro groups is 1. The normalized spacial score (nSPS) is 10.8. The highest BCUT2D eigenvalue weighted by atomic mass is 35.5. The van der Waals surface area contributed by atoms with Gasteiger partial charge in [0.15, 0.2) is 0 Å². The molecule has 0 aliphatic carbocycles. The predicted molar refractivity (Wildman–Crippen MR) is 78.7 cm³/mol. The number of aryl methyl sites for hydroxylation is 1. The van der Waals surface area contributed by atoms with Crippen LogP contribution in [0.4, 0.5) is 20.2 Å². The number of benzene rings is 1. The van der Waals surface area contributed by atoms with Crippen LogP contribution >= 0.6 is 11.6 Å². The predicted octanol–water partition coefficient (Wildman–Crippen LogP) is 3.33. The van der Waals surface area contributed by atoms with Gasteiger partial charge in [-0.1, -0.05) is 11.6 Å². The lowest BCUT2D eigenvalue weighted by Crippen LogP contribution is -2.21. The minimum Gasteiger partial charge on any atom is -0.319 e. The standard InChI is InChI=1S/C13H11ClF2N4O3/c1-7-4-10(13(15)16)18-19(7)6-12(21)17-9-3-2-8(14)5-11(9)20(22)23/h2-5,13H,6H2,1H3,(H,17,21). The molecule has 1 aromatic heterocycles. The summed E-state index contributed by atoms with van der Waals surface area (Å²) in [5, 5.41) is 17.1. The highest BCUT2D eigenvalue weighted by Crippen LogP contribution is 2.27. The number of halogens is 3. The van der Waals surface area contributed by atoms with Gasteiger partial charge in [-0.3, -0.25) is 19.6 Å². The average molecular weight is 345 g/mol. The van der Waals surface area contributed by atoms with Gasteiger partial charge in [0.05, 0.1) is 4.92 Å². The van der Waals surface area contributed by atoms with E-state index in [1.807, 2.05) is 0 Å². The van der Waals surface area contributed by atoms with Crippen molar-refractivity contribution in [3.8, 4) is 0 Å². The minimum absolute atomic E-state index is 0.0386. The topological polar surface area (TPSA) is 90.1 Å². The number of hydrogen-bond acceptors (Lipinski definition) is 4. The molecule has 0 aliphatic rings. The molecular formula is C13H11ClF2N4O3. The summed E-state index contributed by atoms with van der Waals surface area (Å²) in [6.45, 7) is 1.18. The van der Waals surface area contributed by atoms with E-state index >= 15 is 0 Å². The van der Waals surface area contributed by atoms with E-state index in [0.717, 1.165) is 10.7 Å². The van der Waals surface area contributed by atoms with E-state index in [-0.39, 0.29) is 22.9 Å². The average Bonchev–Trinajstić information content (AvgIpc) is 2.82. The van der Waals surface area contributed by atoms with Crippen LogP contribution in [-0.4, -0.2) is 20.6 Å². The Morgan fingerprint density at radius 2 is 2.17 bits per heavy atom. The van der Waals surface area contributed by atoms with Crippen molar-refractivity contribution >= 4 is 28.9 Å². The number of carbonyl (C=O) groups is 1. The van der Waals surface area contributed by atoms with E-state index in [2.05, 4.69) is 10.4 Å². The van der Waals surface area contributed by atoms with Crippen molar-refractivity contribution in [1.82, 2.24) is 9.78 Å². The fourth-order valence-electron chi connectivity index (χ4n) is 1.89. The van der Waals surface area contributed by atoms with E-state index in [4.69, 9.17) is 11.6 Å². The van der Waals surface area contributed by atoms with Crippen molar-refractivity contribution in [2.45, 2.75) is 19.9 Å². The minimum atomic E-state index is -2.74. The molecule has 0 saturated carbocycles. The number of aromatic nitrogens is 2. The van der Waals surface area contributed by atoms with Gasteiger partial charge in [-0.2, -0.15) is 5.10 Å². The van der Waals surface area contributed by atoms with E-state index in [0.29, 0.717) is 5.69 Å². The second-order valence-electron chi connectivity index (χ2n) is 4.64. The Morgan fingerprint density at radius 1 is 1.48 bits per heavy atom. The van der Waals surface area contributed by atoms with E-state index < -0.39 is 22.9 Å². The highest BCUT2D eigenvalue weighted by molar-refractivity contribution is 6.31. The Balaban J connectivity index is 2.16. The van der Waals surface area contributed by atoms with E-state index in [1.54, 1.807) is 0 Å². The molecule has 1 aromatic carbocycles. The third-order valence-electron chi connectivity index (χ3n) is 2.95. The summed E-state index contributed by atoms with van der Waals surface area (Å²) >= 11 is 5.68. The maximum Gasteiger partial charge on any atom is 0.294 e. The van der Waals surface area contributed by atoms with Crippen LogP contribution < -0.4 is 5.32 Å². The summed E-state index contributed by atoms with van der Waals surface area (Å²) < 4.78 is 26.2. The number of rotatable bonds is 5. The molecule has 2 aromatic rings. The number of nitro benzene ring substituents is 1. The molecule has 0 atom stereocenters. The third kappa shape index (κ3) is 4.01. The first-order valence-corrected chi connectivity index (χ1v) is 6.72. The lowest BCUT2D eigenvalue weighted by Gasteiger charge is -2.07. The number of alkyl halides is 2. The first-order valence-electron chi connectivity index (χ1n) is 6.34. The van der Waals surface area contributed by atoms with Crippen molar-refractivity contribution in [3.05, 3.63) is 50.8 Å². The van der Waals surface area contributed by atoms with Crippen LogP contribution in [0.5, 0.6) is 0 Å². The van der Waals surface area contributed by atoms with Crippen molar-refractivity contribution in [2.24, 2.45) is 0 Å². The van der Waals surface area contributed by atoms with Gasteiger partial charge in [0.25, 0.3) is 12.1 Å². The molecule has 1 amide bonds. The Hall–Kier alpha value is -2.55. The molecule has 2 rings (SSSR count). The largest absolute Gasteiger partial charge is 0.319 e. The van der Waals surface area contributed by atoms with Crippen molar-refractivity contribution in [2.75, 3.05) is 5.32 Å². The molecule has 0 aliphatic heterocycles. The van der Waals surface area contributed by atoms with Gasteiger partial charge < -0.3 is 5.32 Å². The molecule has 1 heterocycles.